The van der Waals surface area contributed by atoms with E-state index in [-0.39, 0.29) is 6.04 Å². The van der Waals surface area contributed by atoms with Crippen molar-refractivity contribution in [1.82, 2.24) is 15.2 Å². The summed E-state index contributed by atoms with van der Waals surface area (Å²) < 4.78 is 0. The maximum atomic E-state index is 5.57. The van der Waals surface area contributed by atoms with E-state index in [0.29, 0.717) is 5.84 Å². The first-order valence-corrected chi connectivity index (χ1v) is 3.91. The molecule has 0 aliphatic rings. The maximum Gasteiger partial charge on any atom is 0.148 e. The number of nitrogens with two attached hydrogens (primary N) is 1. The standard InChI is InChI=1S/C7H13N5/c1-3-6(8)11-5(2)7-9-4-10-12-7/h4-5H,3H2,1-2H3,(H2,8,11)(H,9,10,12). The van der Waals surface area contributed by atoms with Crippen molar-refractivity contribution in [2.45, 2.75) is 26.3 Å². The van der Waals surface area contributed by atoms with Crippen molar-refractivity contribution < 1.29 is 0 Å². The predicted molar refractivity (Wildman–Crippen MR) is 46.7 cm³/mol. The van der Waals surface area contributed by atoms with Gasteiger partial charge in [-0.25, -0.2) is 4.98 Å². The highest BCUT2D eigenvalue weighted by atomic mass is 15.2. The number of aromatic amines is 1. The van der Waals surface area contributed by atoms with Crippen LogP contribution in [-0.4, -0.2) is 21.0 Å². The van der Waals surface area contributed by atoms with E-state index in [0.717, 1.165) is 12.2 Å². The molecule has 0 spiro atoms. The Hall–Kier alpha value is -1.39. The molecule has 0 aliphatic heterocycles. The summed E-state index contributed by atoms with van der Waals surface area (Å²) in [5.41, 5.74) is 5.57. The van der Waals surface area contributed by atoms with Gasteiger partial charge in [0.1, 0.15) is 18.2 Å². The van der Waals surface area contributed by atoms with Gasteiger partial charge in [0.05, 0.1) is 5.84 Å². The van der Waals surface area contributed by atoms with E-state index in [1.54, 1.807) is 0 Å². The lowest BCUT2D eigenvalue weighted by Gasteiger charge is -2.02. The molecule has 0 radical (unpaired) electrons. The Morgan fingerprint density at radius 3 is 3.08 bits per heavy atom. The quantitative estimate of drug-likeness (QED) is 0.512. The second-order valence-electron chi connectivity index (χ2n) is 2.52. The lowest BCUT2D eigenvalue weighted by atomic mass is 10.3. The zero-order valence-electron chi connectivity index (χ0n) is 7.28. The number of aromatic nitrogens is 3. The van der Waals surface area contributed by atoms with E-state index < -0.39 is 0 Å². The first kappa shape index (κ1) is 8.70. The van der Waals surface area contributed by atoms with Crippen molar-refractivity contribution in [3.05, 3.63) is 12.2 Å². The molecular weight excluding hydrogens is 154 g/mol. The van der Waals surface area contributed by atoms with Gasteiger partial charge in [-0.1, -0.05) is 6.92 Å². The fourth-order valence-electron chi connectivity index (χ4n) is 0.817. The summed E-state index contributed by atoms with van der Waals surface area (Å²) >= 11 is 0. The number of hydrogen-bond acceptors (Lipinski definition) is 3. The normalized spacial score (nSPS) is 14.7. The third-order valence-electron chi connectivity index (χ3n) is 1.55. The van der Waals surface area contributed by atoms with Gasteiger partial charge in [0.15, 0.2) is 0 Å². The third kappa shape index (κ3) is 2.05. The number of H-pyrrole nitrogens is 1. The minimum Gasteiger partial charge on any atom is -0.387 e. The number of amidine groups is 1. The molecule has 1 unspecified atom stereocenters. The van der Waals surface area contributed by atoms with E-state index in [1.807, 2.05) is 13.8 Å². The SMILES string of the molecule is CCC(N)=NC(C)c1ncn[nH]1. The minimum atomic E-state index is -0.0348. The molecule has 0 amide bonds. The number of rotatable bonds is 3. The van der Waals surface area contributed by atoms with Crippen LogP contribution in [0.5, 0.6) is 0 Å². The van der Waals surface area contributed by atoms with Gasteiger partial charge in [0.2, 0.25) is 0 Å². The molecule has 1 aromatic rings. The van der Waals surface area contributed by atoms with Crippen LogP contribution < -0.4 is 5.73 Å². The van der Waals surface area contributed by atoms with Crippen molar-refractivity contribution in [2.24, 2.45) is 10.7 Å². The average molecular weight is 167 g/mol. The summed E-state index contributed by atoms with van der Waals surface area (Å²) in [6.07, 6.45) is 2.22. The molecule has 66 valence electrons. The highest BCUT2D eigenvalue weighted by Crippen LogP contribution is 2.09. The van der Waals surface area contributed by atoms with Crippen molar-refractivity contribution in [2.75, 3.05) is 0 Å². The maximum absolute atomic E-state index is 5.57. The van der Waals surface area contributed by atoms with Gasteiger partial charge in [0, 0.05) is 6.42 Å². The number of hydrogen-bond donors (Lipinski definition) is 2. The monoisotopic (exact) mass is 167 g/mol. The van der Waals surface area contributed by atoms with Crippen LogP contribution in [0.15, 0.2) is 11.3 Å². The van der Waals surface area contributed by atoms with Crippen LogP contribution in [0.25, 0.3) is 0 Å². The fraction of sp³-hybridized carbons (Fsp3) is 0.571. The van der Waals surface area contributed by atoms with Crippen LogP contribution in [0.4, 0.5) is 0 Å². The van der Waals surface area contributed by atoms with Crippen LogP contribution in [-0.2, 0) is 0 Å². The van der Waals surface area contributed by atoms with Crippen LogP contribution in [0.3, 0.4) is 0 Å². The molecule has 1 aromatic heterocycles. The topological polar surface area (TPSA) is 79.9 Å². The van der Waals surface area contributed by atoms with E-state index in [4.69, 9.17) is 5.73 Å². The zero-order chi connectivity index (χ0) is 8.97. The van der Waals surface area contributed by atoms with Crippen molar-refractivity contribution in [3.63, 3.8) is 0 Å². The van der Waals surface area contributed by atoms with Crippen LogP contribution >= 0.6 is 0 Å². The number of nitrogens with one attached hydrogen (secondary N) is 1. The first-order chi connectivity index (χ1) is 5.74. The molecule has 1 atom stereocenters. The highest BCUT2D eigenvalue weighted by molar-refractivity contribution is 5.80. The van der Waals surface area contributed by atoms with Crippen LogP contribution in [0.2, 0.25) is 0 Å². The van der Waals surface area contributed by atoms with Gasteiger partial charge >= 0.3 is 0 Å². The number of aliphatic imine (C=N–C) groups is 1. The molecule has 0 fully saturated rings. The lowest BCUT2D eigenvalue weighted by Crippen LogP contribution is -2.11. The van der Waals surface area contributed by atoms with Gasteiger partial charge in [-0.05, 0) is 6.92 Å². The van der Waals surface area contributed by atoms with E-state index in [1.165, 1.54) is 6.33 Å². The molecule has 0 aromatic carbocycles. The van der Waals surface area contributed by atoms with Gasteiger partial charge in [-0.2, -0.15) is 5.10 Å². The zero-order valence-corrected chi connectivity index (χ0v) is 7.28. The summed E-state index contributed by atoms with van der Waals surface area (Å²) in [6, 6.07) is -0.0348. The van der Waals surface area contributed by atoms with E-state index in [2.05, 4.69) is 20.2 Å². The smallest absolute Gasteiger partial charge is 0.148 e. The van der Waals surface area contributed by atoms with Crippen molar-refractivity contribution >= 4 is 5.84 Å². The van der Waals surface area contributed by atoms with E-state index >= 15 is 0 Å². The van der Waals surface area contributed by atoms with Gasteiger partial charge < -0.3 is 5.73 Å². The van der Waals surface area contributed by atoms with Crippen molar-refractivity contribution in [1.29, 1.82) is 0 Å². The molecule has 0 saturated carbocycles. The molecule has 1 heterocycles. The van der Waals surface area contributed by atoms with Crippen molar-refractivity contribution in [3.8, 4) is 0 Å². The molecule has 0 saturated heterocycles. The molecule has 5 nitrogen and oxygen atoms in total. The van der Waals surface area contributed by atoms with Crippen LogP contribution in [0, 0.1) is 0 Å². The summed E-state index contributed by atoms with van der Waals surface area (Å²) in [7, 11) is 0. The molecule has 0 aliphatic carbocycles. The lowest BCUT2D eigenvalue weighted by molar-refractivity contribution is 0.742. The Morgan fingerprint density at radius 1 is 1.83 bits per heavy atom. The Kier molecular flexibility index (Phi) is 2.79. The first-order valence-electron chi connectivity index (χ1n) is 3.91. The molecule has 0 bridgehead atoms. The summed E-state index contributed by atoms with van der Waals surface area (Å²) in [6.45, 7) is 3.88. The van der Waals surface area contributed by atoms with Gasteiger partial charge in [-0.15, -0.1) is 0 Å². The molecular formula is C7H13N5. The average Bonchev–Trinajstić information content (AvgIpc) is 2.56. The van der Waals surface area contributed by atoms with Crippen LogP contribution in [0.1, 0.15) is 32.1 Å². The largest absolute Gasteiger partial charge is 0.387 e. The Balaban J connectivity index is 2.66. The van der Waals surface area contributed by atoms with Gasteiger partial charge in [0.25, 0.3) is 0 Å². The highest BCUT2D eigenvalue weighted by Gasteiger charge is 2.05. The molecule has 12 heavy (non-hydrogen) atoms. The summed E-state index contributed by atoms with van der Waals surface area (Å²) in [5.74, 6) is 1.38. The Bertz CT molecular complexity index is 251. The predicted octanol–water partition coefficient (Wildman–Crippen LogP) is 0.633. The van der Waals surface area contributed by atoms with Gasteiger partial charge in [-0.3, -0.25) is 10.1 Å². The Labute approximate surface area is 71.1 Å². The Morgan fingerprint density at radius 2 is 2.58 bits per heavy atom. The summed E-state index contributed by atoms with van der Waals surface area (Å²) in [5, 5.41) is 6.47. The minimum absolute atomic E-state index is 0.0348. The second kappa shape index (κ2) is 3.85. The molecule has 3 N–H and O–H groups in total. The fourth-order valence-corrected chi connectivity index (χ4v) is 0.817. The second-order valence-corrected chi connectivity index (χ2v) is 2.52. The molecule has 5 heteroatoms. The molecule has 1 rings (SSSR count). The number of nitrogens with zero attached hydrogens (tertiary/aromatic N) is 3. The third-order valence-corrected chi connectivity index (χ3v) is 1.55. The van der Waals surface area contributed by atoms with E-state index in [9.17, 15) is 0 Å². The summed E-state index contributed by atoms with van der Waals surface area (Å²) in [4.78, 5) is 8.17.